The molecule has 0 unspecified atom stereocenters. The first-order valence-corrected chi connectivity index (χ1v) is 8.59. The number of carbonyl (C=O) groups excluding carboxylic acids is 1. The molecule has 0 saturated heterocycles. The van der Waals surface area contributed by atoms with Crippen LogP contribution < -0.4 is 10.2 Å². The Kier molecular flexibility index (Phi) is 6.22. The summed E-state index contributed by atoms with van der Waals surface area (Å²) in [5, 5.41) is 2.86. The maximum Gasteiger partial charge on any atom is 0.275 e. The van der Waals surface area contributed by atoms with E-state index in [0.717, 1.165) is 16.4 Å². The van der Waals surface area contributed by atoms with Gasteiger partial charge in [-0.2, -0.15) is 0 Å². The molecule has 26 heavy (non-hydrogen) atoms. The summed E-state index contributed by atoms with van der Waals surface area (Å²) in [6.45, 7) is 1.83. The number of amides is 1. The summed E-state index contributed by atoms with van der Waals surface area (Å²) < 4.78 is 24.4. The van der Waals surface area contributed by atoms with Gasteiger partial charge >= 0.3 is 0 Å². The van der Waals surface area contributed by atoms with Crippen LogP contribution in [0.3, 0.4) is 0 Å². The third-order valence-corrected chi connectivity index (χ3v) is 4.09. The van der Waals surface area contributed by atoms with Gasteiger partial charge in [0.25, 0.3) is 5.91 Å². The smallest absolute Gasteiger partial charge is 0.275 e. The SMILES string of the molecule is O=C(C[NH+](Cc1ccco1)Cc1ccco1)NCCc1ccccc1F. The number of rotatable bonds is 9. The van der Waals surface area contributed by atoms with Crippen LogP contribution in [0, 0.1) is 5.82 Å². The molecule has 1 aromatic carbocycles. The van der Waals surface area contributed by atoms with Gasteiger partial charge in [0.2, 0.25) is 0 Å². The Hall–Kier alpha value is -2.86. The van der Waals surface area contributed by atoms with E-state index in [9.17, 15) is 9.18 Å². The molecule has 5 nitrogen and oxygen atoms in total. The molecule has 2 heterocycles. The lowest BCUT2D eigenvalue weighted by atomic mass is 10.1. The number of furan rings is 2. The lowest BCUT2D eigenvalue weighted by Gasteiger charge is -2.17. The average Bonchev–Trinajstić information content (AvgIpc) is 3.30. The molecule has 0 bridgehead atoms. The van der Waals surface area contributed by atoms with Crippen LogP contribution >= 0.6 is 0 Å². The van der Waals surface area contributed by atoms with Gasteiger partial charge < -0.3 is 19.1 Å². The molecule has 3 rings (SSSR count). The van der Waals surface area contributed by atoms with Gasteiger partial charge in [0.1, 0.15) is 18.9 Å². The summed E-state index contributed by atoms with van der Waals surface area (Å²) in [6, 6.07) is 14.0. The zero-order valence-electron chi connectivity index (χ0n) is 14.4. The van der Waals surface area contributed by atoms with E-state index in [1.54, 1.807) is 30.7 Å². The van der Waals surface area contributed by atoms with Crippen LogP contribution in [-0.2, 0) is 24.3 Å². The summed E-state index contributed by atoms with van der Waals surface area (Å²) in [5.74, 6) is 1.29. The quantitative estimate of drug-likeness (QED) is 0.615. The minimum atomic E-state index is -0.246. The van der Waals surface area contributed by atoms with Gasteiger partial charge in [0.05, 0.1) is 12.5 Å². The van der Waals surface area contributed by atoms with E-state index in [1.165, 1.54) is 6.07 Å². The molecule has 0 fully saturated rings. The number of nitrogens with one attached hydrogen (secondary N) is 2. The standard InChI is InChI=1S/C20H21FN2O3/c21-19-8-2-1-5-16(19)9-10-22-20(24)15-23(13-17-6-3-11-25-17)14-18-7-4-12-26-18/h1-8,11-12H,9-10,13-15H2,(H,22,24)/p+1. The molecule has 3 aromatic rings. The fraction of sp³-hybridized carbons (Fsp3) is 0.250. The lowest BCUT2D eigenvalue weighted by Crippen LogP contribution is -3.10. The first-order chi connectivity index (χ1) is 12.7. The second-order valence-corrected chi connectivity index (χ2v) is 6.13. The minimum absolute atomic E-state index is 0.0885. The largest absolute Gasteiger partial charge is 0.463 e. The molecule has 2 aromatic heterocycles. The van der Waals surface area contributed by atoms with Crippen LogP contribution in [0.4, 0.5) is 4.39 Å². The van der Waals surface area contributed by atoms with Crippen molar-refractivity contribution in [1.29, 1.82) is 0 Å². The molecule has 0 aliphatic rings. The van der Waals surface area contributed by atoms with Crippen LogP contribution in [0.2, 0.25) is 0 Å². The second-order valence-electron chi connectivity index (χ2n) is 6.13. The molecular weight excluding hydrogens is 335 g/mol. The number of benzene rings is 1. The molecular formula is C20H22FN2O3+. The molecule has 0 radical (unpaired) electrons. The lowest BCUT2D eigenvalue weighted by molar-refractivity contribution is -0.921. The highest BCUT2D eigenvalue weighted by molar-refractivity contribution is 5.76. The Balaban J connectivity index is 1.51. The molecule has 0 aliphatic heterocycles. The van der Waals surface area contributed by atoms with Crippen molar-refractivity contribution in [1.82, 2.24) is 5.32 Å². The topological polar surface area (TPSA) is 59.8 Å². The highest BCUT2D eigenvalue weighted by Gasteiger charge is 2.18. The van der Waals surface area contributed by atoms with Crippen molar-refractivity contribution in [2.45, 2.75) is 19.5 Å². The fourth-order valence-electron chi connectivity index (χ4n) is 2.83. The van der Waals surface area contributed by atoms with Crippen molar-refractivity contribution >= 4 is 5.91 Å². The first-order valence-electron chi connectivity index (χ1n) is 8.59. The Bertz CT molecular complexity index is 764. The Morgan fingerprint density at radius 2 is 1.62 bits per heavy atom. The number of hydrogen-bond acceptors (Lipinski definition) is 3. The number of halogens is 1. The summed E-state index contributed by atoms with van der Waals surface area (Å²) in [7, 11) is 0. The van der Waals surface area contributed by atoms with E-state index in [1.807, 2.05) is 24.3 Å². The van der Waals surface area contributed by atoms with Gasteiger partial charge in [-0.05, 0) is 42.3 Å². The Morgan fingerprint density at radius 1 is 0.962 bits per heavy atom. The van der Waals surface area contributed by atoms with Crippen molar-refractivity contribution in [3.63, 3.8) is 0 Å². The van der Waals surface area contributed by atoms with E-state index in [2.05, 4.69) is 5.32 Å². The predicted molar refractivity (Wildman–Crippen MR) is 93.8 cm³/mol. The van der Waals surface area contributed by atoms with Gasteiger partial charge in [0.15, 0.2) is 18.1 Å². The van der Waals surface area contributed by atoms with Crippen LogP contribution in [0.1, 0.15) is 17.1 Å². The van der Waals surface area contributed by atoms with Gasteiger partial charge in [-0.1, -0.05) is 18.2 Å². The highest BCUT2D eigenvalue weighted by atomic mass is 19.1. The zero-order chi connectivity index (χ0) is 18.2. The summed E-state index contributed by atoms with van der Waals surface area (Å²) in [6.07, 6.45) is 3.70. The number of quaternary nitrogens is 1. The maximum absolute atomic E-state index is 13.6. The van der Waals surface area contributed by atoms with Crippen molar-refractivity contribution in [2.75, 3.05) is 13.1 Å². The molecule has 0 spiro atoms. The fourth-order valence-corrected chi connectivity index (χ4v) is 2.83. The summed E-state index contributed by atoms with van der Waals surface area (Å²) >= 11 is 0. The van der Waals surface area contributed by atoms with Crippen LogP contribution in [0.5, 0.6) is 0 Å². The first kappa shape index (κ1) is 17.9. The van der Waals surface area contributed by atoms with E-state index < -0.39 is 0 Å². The van der Waals surface area contributed by atoms with E-state index in [4.69, 9.17) is 8.83 Å². The predicted octanol–water partition coefficient (Wildman–Crippen LogP) is 1.96. The average molecular weight is 357 g/mol. The zero-order valence-corrected chi connectivity index (χ0v) is 14.4. The Labute approximate surface area is 151 Å². The van der Waals surface area contributed by atoms with E-state index >= 15 is 0 Å². The van der Waals surface area contributed by atoms with Crippen LogP contribution in [0.25, 0.3) is 0 Å². The molecule has 2 N–H and O–H groups in total. The normalized spacial score (nSPS) is 11.0. The van der Waals surface area contributed by atoms with Crippen molar-refractivity contribution < 1.29 is 22.9 Å². The van der Waals surface area contributed by atoms with Gasteiger partial charge in [-0.15, -0.1) is 0 Å². The number of carbonyl (C=O) groups is 1. The molecule has 0 aliphatic carbocycles. The minimum Gasteiger partial charge on any atom is -0.463 e. The van der Waals surface area contributed by atoms with Gasteiger partial charge in [0, 0.05) is 6.54 Å². The third kappa shape index (κ3) is 5.32. The van der Waals surface area contributed by atoms with E-state index in [-0.39, 0.29) is 18.3 Å². The van der Waals surface area contributed by atoms with E-state index in [0.29, 0.717) is 31.6 Å². The molecule has 136 valence electrons. The molecule has 0 saturated carbocycles. The molecule has 0 atom stereocenters. The van der Waals surface area contributed by atoms with Crippen molar-refractivity contribution in [2.24, 2.45) is 0 Å². The summed E-state index contributed by atoms with van der Waals surface area (Å²) in [5.41, 5.74) is 0.600. The number of hydrogen-bond donors (Lipinski definition) is 2. The highest BCUT2D eigenvalue weighted by Crippen LogP contribution is 2.06. The third-order valence-electron chi connectivity index (χ3n) is 4.09. The molecule has 6 heteroatoms. The van der Waals surface area contributed by atoms with Crippen molar-refractivity contribution in [3.05, 3.63) is 84.0 Å². The van der Waals surface area contributed by atoms with Crippen LogP contribution in [0.15, 0.2) is 69.9 Å². The van der Waals surface area contributed by atoms with Crippen molar-refractivity contribution in [3.8, 4) is 0 Å². The summed E-state index contributed by atoms with van der Waals surface area (Å²) in [4.78, 5) is 13.3. The Morgan fingerprint density at radius 3 is 2.19 bits per heavy atom. The monoisotopic (exact) mass is 357 g/mol. The van der Waals surface area contributed by atoms with Crippen LogP contribution in [-0.4, -0.2) is 19.0 Å². The maximum atomic E-state index is 13.6. The molecule has 1 amide bonds. The van der Waals surface area contributed by atoms with Gasteiger partial charge in [-0.25, -0.2) is 4.39 Å². The second kappa shape index (κ2) is 9.01. The van der Waals surface area contributed by atoms with Gasteiger partial charge in [-0.3, -0.25) is 4.79 Å².